The number of nitriles is 1. The Morgan fingerprint density at radius 1 is 1.14 bits per heavy atom. The van der Waals surface area contributed by atoms with E-state index in [0.29, 0.717) is 0 Å². The van der Waals surface area contributed by atoms with Crippen LogP contribution < -0.4 is 0 Å². The lowest BCUT2D eigenvalue weighted by Crippen LogP contribution is -1.90. The summed E-state index contributed by atoms with van der Waals surface area (Å²) >= 11 is 3.41. The molecule has 0 aliphatic rings. The van der Waals surface area contributed by atoms with E-state index in [1.165, 1.54) is 24.8 Å². The van der Waals surface area contributed by atoms with Crippen LogP contribution in [-0.4, -0.2) is 5.33 Å². The largest absolute Gasteiger partial charge is 0.192 e. The summed E-state index contributed by atoms with van der Waals surface area (Å²) in [5.74, 6) is 0. The molecule has 1 nitrogen and oxygen atoms in total. The first kappa shape index (κ1) is 11.3. The first-order chi connectivity index (χ1) is 6.88. The second-order valence-electron chi connectivity index (χ2n) is 3.27. The molecule has 0 unspecified atom stereocenters. The quantitative estimate of drug-likeness (QED) is 0.579. The highest BCUT2D eigenvalue weighted by atomic mass is 79.9. The minimum absolute atomic E-state index is 0.825. The predicted octanol–water partition coefficient (Wildman–Crippen LogP) is 3.67. The molecule has 0 saturated heterocycles. The van der Waals surface area contributed by atoms with Crippen LogP contribution in [0.15, 0.2) is 24.3 Å². The average molecular weight is 252 g/mol. The molecule has 14 heavy (non-hydrogen) atoms. The molecule has 2 heteroatoms. The van der Waals surface area contributed by atoms with E-state index in [1.54, 1.807) is 0 Å². The van der Waals surface area contributed by atoms with Crippen molar-refractivity contribution in [3.8, 4) is 6.07 Å². The summed E-state index contributed by atoms with van der Waals surface area (Å²) in [4.78, 5) is 0. The Morgan fingerprint density at radius 2 is 1.93 bits per heavy atom. The highest BCUT2D eigenvalue weighted by Crippen LogP contribution is 2.11. The molecule has 0 radical (unpaired) electrons. The van der Waals surface area contributed by atoms with Crippen LogP contribution in [0, 0.1) is 11.3 Å². The third-order valence-corrected chi connectivity index (χ3v) is 2.78. The van der Waals surface area contributed by atoms with Crippen molar-refractivity contribution in [2.45, 2.75) is 25.7 Å². The number of rotatable bonds is 5. The Kier molecular flexibility index (Phi) is 5.32. The van der Waals surface area contributed by atoms with Crippen LogP contribution in [0.4, 0.5) is 0 Å². The first-order valence-electron chi connectivity index (χ1n) is 4.92. The third-order valence-electron chi connectivity index (χ3n) is 2.22. The highest BCUT2D eigenvalue weighted by molar-refractivity contribution is 9.09. The second-order valence-corrected chi connectivity index (χ2v) is 4.06. The SMILES string of the molecule is N#Cc1ccccc1CCCCCBr. The Morgan fingerprint density at radius 3 is 2.64 bits per heavy atom. The zero-order chi connectivity index (χ0) is 10.2. The lowest BCUT2D eigenvalue weighted by Gasteiger charge is -2.02. The van der Waals surface area contributed by atoms with Gasteiger partial charge in [-0.25, -0.2) is 0 Å². The zero-order valence-corrected chi connectivity index (χ0v) is 9.76. The van der Waals surface area contributed by atoms with E-state index >= 15 is 0 Å². The number of unbranched alkanes of at least 4 members (excludes halogenated alkanes) is 2. The van der Waals surface area contributed by atoms with Gasteiger partial charge < -0.3 is 0 Å². The summed E-state index contributed by atoms with van der Waals surface area (Å²) in [6.07, 6.45) is 4.64. The predicted molar refractivity (Wildman–Crippen MR) is 62.5 cm³/mol. The number of hydrogen-bond donors (Lipinski definition) is 0. The number of nitrogens with zero attached hydrogens (tertiary/aromatic N) is 1. The maximum absolute atomic E-state index is 8.86. The number of halogens is 1. The van der Waals surface area contributed by atoms with E-state index in [1.807, 2.05) is 24.3 Å². The van der Waals surface area contributed by atoms with Crippen molar-refractivity contribution < 1.29 is 0 Å². The van der Waals surface area contributed by atoms with Crippen LogP contribution in [-0.2, 0) is 6.42 Å². The smallest absolute Gasteiger partial charge is 0.0994 e. The molecular weight excluding hydrogens is 238 g/mol. The molecular formula is C12H14BrN. The first-order valence-corrected chi connectivity index (χ1v) is 6.04. The van der Waals surface area contributed by atoms with Gasteiger partial charge in [-0.15, -0.1) is 0 Å². The Balaban J connectivity index is 2.46. The summed E-state index contributed by atoms with van der Waals surface area (Å²) in [5.41, 5.74) is 2.01. The maximum Gasteiger partial charge on any atom is 0.0994 e. The van der Waals surface area contributed by atoms with Gasteiger partial charge in [-0.2, -0.15) is 5.26 Å². The van der Waals surface area contributed by atoms with E-state index in [-0.39, 0.29) is 0 Å². The van der Waals surface area contributed by atoms with Crippen molar-refractivity contribution in [1.82, 2.24) is 0 Å². The van der Waals surface area contributed by atoms with Crippen LogP contribution in [0.1, 0.15) is 30.4 Å². The van der Waals surface area contributed by atoms with Gasteiger partial charge in [-0.1, -0.05) is 40.5 Å². The Labute approximate surface area is 93.9 Å². The lowest BCUT2D eigenvalue weighted by molar-refractivity contribution is 0.723. The van der Waals surface area contributed by atoms with E-state index in [4.69, 9.17) is 5.26 Å². The van der Waals surface area contributed by atoms with Gasteiger partial charge in [0.1, 0.15) is 0 Å². The van der Waals surface area contributed by atoms with Crippen LogP contribution >= 0.6 is 15.9 Å². The van der Waals surface area contributed by atoms with E-state index < -0.39 is 0 Å². The standard InChI is InChI=1S/C12H14BrN/c13-9-5-1-2-6-11-7-3-4-8-12(11)10-14/h3-4,7-8H,1-2,5-6,9H2. The molecule has 0 N–H and O–H groups in total. The Hall–Kier alpha value is -0.810. The molecule has 0 aliphatic carbocycles. The van der Waals surface area contributed by atoms with Crippen LogP contribution in [0.3, 0.4) is 0 Å². The molecule has 74 valence electrons. The number of hydrogen-bond acceptors (Lipinski definition) is 1. The lowest BCUT2D eigenvalue weighted by atomic mass is 10.0. The van der Waals surface area contributed by atoms with Gasteiger partial charge in [0.05, 0.1) is 11.6 Å². The molecule has 1 rings (SSSR count). The molecule has 0 bridgehead atoms. The Bertz CT molecular complexity index is 314. The maximum atomic E-state index is 8.86. The summed E-state index contributed by atoms with van der Waals surface area (Å²) < 4.78 is 0. The van der Waals surface area contributed by atoms with Gasteiger partial charge in [0.25, 0.3) is 0 Å². The molecule has 1 aromatic carbocycles. The monoisotopic (exact) mass is 251 g/mol. The topological polar surface area (TPSA) is 23.8 Å². The van der Waals surface area contributed by atoms with Crippen molar-refractivity contribution in [3.63, 3.8) is 0 Å². The van der Waals surface area contributed by atoms with Crippen molar-refractivity contribution in [2.75, 3.05) is 5.33 Å². The number of aryl methyl sites for hydroxylation is 1. The molecule has 0 fully saturated rings. The van der Waals surface area contributed by atoms with Crippen molar-refractivity contribution >= 4 is 15.9 Å². The molecule has 1 aromatic rings. The van der Waals surface area contributed by atoms with Gasteiger partial charge >= 0.3 is 0 Å². The van der Waals surface area contributed by atoms with E-state index in [2.05, 4.69) is 22.0 Å². The molecule has 0 saturated carbocycles. The van der Waals surface area contributed by atoms with Crippen molar-refractivity contribution in [2.24, 2.45) is 0 Å². The fourth-order valence-electron chi connectivity index (χ4n) is 1.43. The van der Waals surface area contributed by atoms with Gasteiger partial charge in [0, 0.05) is 5.33 Å². The fraction of sp³-hybridized carbons (Fsp3) is 0.417. The van der Waals surface area contributed by atoms with Gasteiger partial charge in [0.15, 0.2) is 0 Å². The third kappa shape index (κ3) is 3.51. The summed E-state index contributed by atoms with van der Waals surface area (Å²) in [5, 5.41) is 9.94. The normalized spacial score (nSPS) is 9.71. The van der Waals surface area contributed by atoms with E-state index in [9.17, 15) is 0 Å². The molecule has 0 aliphatic heterocycles. The summed E-state index contributed by atoms with van der Waals surface area (Å²) in [7, 11) is 0. The van der Waals surface area contributed by atoms with Crippen LogP contribution in [0.5, 0.6) is 0 Å². The van der Waals surface area contributed by atoms with Crippen LogP contribution in [0.2, 0.25) is 0 Å². The summed E-state index contributed by atoms with van der Waals surface area (Å²) in [6, 6.07) is 10.1. The molecule has 0 amide bonds. The summed E-state index contributed by atoms with van der Waals surface area (Å²) in [6.45, 7) is 0. The molecule has 0 atom stereocenters. The van der Waals surface area contributed by atoms with Crippen LogP contribution in [0.25, 0.3) is 0 Å². The molecule has 0 heterocycles. The van der Waals surface area contributed by atoms with Gasteiger partial charge in [-0.3, -0.25) is 0 Å². The number of alkyl halides is 1. The van der Waals surface area contributed by atoms with Gasteiger partial charge in [-0.05, 0) is 30.9 Å². The van der Waals surface area contributed by atoms with Crippen molar-refractivity contribution in [1.29, 1.82) is 5.26 Å². The highest BCUT2D eigenvalue weighted by Gasteiger charge is 1.99. The minimum Gasteiger partial charge on any atom is -0.192 e. The second kappa shape index (κ2) is 6.62. The van der Waals surface area contributed by atoms with Gasteiger partial charge in [0.2, 0.25) is 0 Å². The average Bonchev–Trinajstić information content (AvgIpc) is 2.25. The van der Waals surface area contributed by atoms with E-state index in [0.717, 1.165) is 17.3 Å². The fourth-order valence-corrected chi connectivity index (χ4v) is 1.83. The van der Waals surface area contributed by atoms with Crippen molar-refractivity contribution in [3.05, 3.63) is 35.4 Å². The molecule has 0 spiro atoms. The molecule has 0 aromatic heterocycles. The minimum atomic E-state index is 0.825. The zero-order valence-electron chi connectivity index (χ0n) is 8.17. The number of benzene rings is 1.